The van der Waals surface area contributed by atoms with Crippen molar-refractivity contribution in [3.8, 4) is 5.88 Å². The summed E-state index contributed by atoms with van der Waals surface area (Å²) in [6.45, 7) is 1.15. The Morgan fingerprint density at radius 2 is 1.77 bits per heavy atom. The second-order valence-electron chi connectivity index (χ2n) is 9.41. The number of urea groups is 1. The molecule has 1 fully saturated rings. The number of nitrogens with one attached hydrogen (secondary N) is 2. The van der Waals surface area contributed by atoms with Crippen LogP contribution in [-0.4, -0.2) is 30.8 Å². The number of carbonyl (C=O) groups is 1. The molecule has 1 saturated carbocycles. The molecule has 0 bridgehead atoms. The van der Waals surface area contributed by atoms with Gasteiger partial charge in [0.05, 0.1) is 19.3 Å². The number of benzene rings is 1. The number of ether oxygens (including phenoxy) is 1. The molecule has 3 aliphatic carbocycles. The molecule has 0 radical (unpaired) electrons. The molecule has 1 aliphatic heterocycles. The van der Waals surface area contributed by atoms with E-state index in [-0.39, 0.29) is 16.2 Å². The molecule has 2 N–H and O–H groups in total. The van der Waals surface area contributed by atoms with Crippen molar-refractivity contribution in [2.75, 3.05) is 11.9 Å². The Balaban J connectivity index is 1.24. The summed E-state index contributed by atoms with van der Waals surface area (Å²) >= 11 is 0. The maximum absolute atomic E-state index is 13.0. The van der Waals surface area contributed by atoms with Crippen molar-refractivity contribution < 1.29 is 17.9 Å². The summed E-state index contributed by atoms with van der Waals surface area (Å²) in [6.07, 6.45) is 10.6. The lowest BCUT2D eigenvalue weighted by molar-refractivity contribution is 0.0000874. The van der Waals surface area contributed by atoms with E-state index in [4.69, 9.17) is 4.74 Å². The maximum atomic E-state index is 13.0. The highest BCUT2D eigenvalue weighted by atomic mass is 32.2. The Morgan fingerprint density at radius 3 is 2.42 bits per heavy atom. The van der Waals surface area contributed by atoms with Crippen molar-refractivity contribution in [1.82, 2.24) is 14.5 Å². The highest BCUT2D eigenvalue weighted by Crippen LogP contribution is 2.46. The van der Waals surface area contributed by atoms with E-state index in [2.05, 4.69) is 21.2 Å². The number of hydrogen-bond acceptors (Lipinski definition) is 5. The summed E-state index contributed by atoms with van der Waals surface area (Å²) in [5.41, 5.74) is 5.77. The van der Waals surface area contributed by atoms with Crippen molar-refractivity contribution in [3.05, 3.63) is 34.5 Å². The van der Waals surface area contributed by atoms with Gasteiger partial charge in [-0.2, -0.15) is 5.10 Å². The molecule has 31 heavy (non-hydrogen) atoms. The van der Waals surface area contributed by atoms with Gasteiger partial charge in [0.15, 0.2) is 4.90 Å². The summed E-state index contributed by atoms with van der Waals surface area (Å²) in [6, 6.07) is 1.54. The number of aryl methyl sites for hydroxylation is 2. The zero-order chi connectivity index (χ0) is 21.2. The number of nitrogens with zero attached hydrogens (tertiary/aromatic N) is 2. The van der Waals surface area contributed by atoms with Crippen molar-refractivity contribution in [1.29, 1.82) is 0 Å². The van der Waals surface area contributed by atoms with Crippen LogP contribution in [0.4, 0.5) is 10.5 Å². The molecule has 1 aromatic carbocycles. The monoisotopic (exact) mass is 442 g/mol. The maximum Gasteiger partial charge on any atom is 0.333 e. The molecule has 0 unspecified atom stereocenters. The summed E-state index contributed by atoms with van der Waals surface area (Å²) in [4.78, 5) is 12.7. The number of anilines is 1. The van der Waals surface area contributed by atoms with Crippen LogP contribution in [0.1, 0.15) is 54.4 Å². The Kier molecular flexibility index (Phi) is 4.15. The lowest BCUT2D eigenvalue weighted by Gasteiger charge is -2.44. The topological polar surface area (TPSA) is 102 Å². The Hall–Kier alpha value is -2.55. The molecule has 2 amide bonds. The van der Waals surface area contributed by atoms with Crippen LogP contribution in [0.3, 0.4) is 0 Å². The van der Waals surface area contributed by atoms with Crippen molar-refractivity contribution in [2.24, 2.45) is 5.41 Å². The molecule has 8 nitrogen and oxygen atoms in total. The zero-order valence-electron chi connectivity index (χ0n) is 17.4. The van der Waals surface area contributed by atoms with E-state index in [1.54, 1.807) is 4.68 Å². The smallest absolute Gasteiger partial charge is 0.333 e. The summed E-state index contributed by atoms with van der Waals surface area (Å²) in [5.74, 6) is 0.222. The largest absolute Gasteiger partial charge is 0.476 e. The molecule has 0 atom stereocenters. The van der Waals surface area contributed by atoms with E-state index in [9.17, 15) is 13.2 Å². The number of sulfonamides is 1. The van der Waals surface area contributed by atoms with Crippen LogP contribution >= 0.6 is 0 Å². The van der Waals surface area contributed by atoms with E-state index < -0.39 is 16.1 Å². The fourth-order valence-electron chi connectivity index (χ4n) is 5.65. The number of amides is 2. The third-order valence-corrected chi connectivity index (χ3v) is 8.72. The van der Waals surface area contributed by atoms with Gasteiger partial charge in [-0.1, -0.05) is 12.5 Å². The van der Waals surface area contributed by atoms with Crippen LogP contribution in [0.15, 0.2) is 17.2 Å². The first-order valence-corrected chi connectivity index (χ1v) is 12.6. The van der Waals surface area contributed by atoms with Gasteiger partial charge in [0.2, 0.25) is 5.88 Å². The van der Waals surface area contributed by atoms with Gasteiger partial charge < -0.3 is 10.1 Å². The average molecular weight is 443 g/mol. The van der Waals surface area contributed by atoms with Crippen LogP contribution < -0.4 is 14.8 Å². The summed E-state index contributed by atoms with van der Waals surface area (Å²) in [7, 11) is -4.10. The molecule has 2 aromatic rings. The minimum absolute atomic E-state index is 0.0823. The molecule has 164 valence electrons. The Bertz CT molecular complexity index is 1160. The zero-order valence-corrected chi connectivity index (χ0v) is 18.2. The average Bonchev–Trinajstić information content (AvgIpc) is 3.44. The Labute approximate surface area is 181 Å². The lowest BCUT2D eigenvalue weighted by atomic mass is 9.69. The first kappa shape index (κ1) is 19.2. The van der Waals surface area contributed by atoms with Gasteiger partial charge in [-0.15, -0.1) is 0 Å². The van der Waals surface area contributed by atoms with Gasteiger partial charge in [-0.3, -0.25) is 0 Å². The van der Waals surface area contributed by atoms with E-state index in [1.807, 2.05) is 0 Å². The number of rotatable bonds is 3. The summed E-state index contributed by atoms with van der Waals surface area (Å²) in [5, 5.41) is 7.10. The van der Waals surface area contributed by atoms with Gasteiger partial charge in [0.25, 0.3) is 10.0 Å². The number of hydrogen-bond donors (Lipinski definition) is 2. The first-order valence-electron chi connectivity index (χ1n) is 11.1. The predicted molar refractivity (Wildman–Crippen MR) is 114 cm³/mol. The molecule has 9 heteroatoms. The second-order valence-corrected chi connectivity index (χ2v) is 11.1. The van der Waals surface area contributed by atoms with Crippen LogP contribution in [0.5, 0.6) is 5.88 Å². The van der Waals surface area contributed by atoms with E-state index in [1.165, 1.54) is 23.7 Å². The molecule has 0 saturated heterocycles. The second kappa shape index (κ2) is 6.72. The SMILES string of the molecule is O=C(Nc1c2c(cc3c1CCC3)CCC2)NS(=O)(=O)c1cnn2c1OCC1(CCC1)C2. The highest BCUT2D eigenvalue weighted by molar-refractivity contribution is 7.90. The van der Waals surface area contributed by atoms with Gasteiger partial charge in [-0.05, 0) is 73.6 Å². The highest BCUT2D eigenvalue weighted by Gasteiger charge is 2.43. The van der Waals surface area contributed by atoms with Crippen molar-refractivity contribution in [3.63, 3.8) is 0 Å². The molecule has 4 aliphatic rings. The molecule has 2 heterocycles. The van der Waals surface area contributed by atoms with Crippen molar-refractivity contribution in [2.45, 2.75) is 69.2 Å². The predicted octanol–water partition coefficient (Wildman–Crippen LogP) is 2.93. The van der Waals surface area contributed by atoms with Crippen LogP contribution in [-0.2, 0) is 42.3 Å². The lowest BCUT2D eigenvalue weighted by Crippen LogP contribution is -2.43. The number of carbonyl (C=O) groups excluding carboxylic acids is 1. The summed E-state index contributed by atoms with van der Waals surface area (Å²) < 4.78 is 35.5. The molecule has 1 aromatic heterocycles. The number of fused-ring (bicyclic) bond motifs is 3. The fraction of sp³-hybridized carbons (Fsp3) is 0.545. The minimum Gasteiger partial charge on any atom is -0.476 e. The van der Waals surface area contributed by atoms with Gasteiger partial charge in [0, 0.05) is 11.1 Å². The van der Waals surface area contributed by atoms with E-state index in [0.29, 0.717) is 13.2 Å². The minimum atomic E-state index is -4.10. The van der Waals surface area contributed by atoms with E-state index >= 15 is 0 Å². The van der Waals surface area contributed by atoms with Gasteiger partial charge in [0.1, 0.15) is 0 Å². The molecular formula is C22H26N4O4S. The van der Waals surface area contributed by atoms with Crippen LogP contribution in [0, 0.1) is 5.41 Å². The first-order chi connectivity index (χ1) is 14.9. The molecular weight excluding hydrogens is 416 g/mol. The van der Waals surface area contributed by atoms with Gasteiger partial charge >= 0.3 is 6.03 Å². The molecule has 6 rings (SSSR count). The number of aromatic nitrogens is 2. The third kappa shape index (κ3) is 3.04. The fourth-order valence-corrected chi connectivity index (χ4v) is 6.63. The normalized spacial score (nSPS) is 20.4. The standard InChI is InChI=1S/C22H26N4O4S/c27-21(24-19-16-6-1-4-14(16)10-15-5-2-7-17(15)19)25-31(28,29)18-11-23-26-12-22(8-3-9-22)13-30-20(18)26/h10-11H,1-9,12-13H2,(H2,24,25,27). The van der Waals surface area contributed by atoms with E-state index in [0.717, 1.165) is 68.2 Å². The third-order valence-electron chi connectivity index (χ3n) is 7.40. The Morgan fingerprint density at radius 1 is 1.06 bits per heavy atom. The van der Waals surface area contributed by atoms with Crippen LogP contribution in [0.25, 0.3) is 0 Å². The molecule has 1 spiro atoms. The quantitative estimate of drug-likeness (QED) is 0.761. The van der Waals surface area contributed by atoms with Crippen molar-refractivity contribution >= 4 is 21.7 Å². The van der Waals surface area contributed by atoms with Crippen LogP contribution in [0.2, 0.25) is 0 Å². The van der Waals surface area contributed by atoms with Gasteiger partial charge in [-0.25, -0.2) is 22.6 Å².